The number of hydrogen-bond donors (Lipinski definition) is 3. The first-order valence-corrected chi connectivity index (χ1v) is 13.1. The van der Waals surface area contributed by atoms with Gasteiger partial charge in [0.15, 0.2) is 16.9 Å². The van der Waals surface area contributed by atoms with Crippen LogP contribution in [0.25, 0.3) is 22.3 Å². The lowest BCUT2D eigenvalue weighted by molar-refractivity contribution is 0.226. The van der Waals surface area contributed by atoms with Crippen molar-refractivity contribution in [3.8, 4) is 34.3 Å². The number of phenols is 1. The van der Waals surface area contributed by atoms with Crippen molar-refractivity contribution in [2.24, 2.45) is 0 Å². The van der Waals surface area contributed by atoms with Crippen LogP contribution < -0.4 is 19.6 Å². The van der Waals surface area contributed by atoms with Crippen LogP contribution in [0.4, 0.5) is 0 Å². The van der Waals surface area contributed by atoms with Crippen LogP contribution in [0.15, 0.2) is 88.3 Å². The first kappa shape index (κ1) is 26.9. The van der Waals surface area contributed by atoms with Crippen molar-refractivity contribution in [3.05, 3.63) is 106 Å². The number of aromatic nitrogens is 1. The van der Waals surface area contributed by atoms with E-state index in [-0.39, 0.29) is 35.5 Å². The lowest BCUT2D eigenvalue weighted by Crippen LogP contribution is -2.12. The average Bonchev–Trinajstić information content (AvgIpc) is 3.49. The molecule has 5 aromatic rings. The molecule has 0 fully saturated rings. The molecule has 0 unspecified atom stereocenters. The van der Waals surface area contributed by atoms with E-state index in [2.05, 4.69) is 4.98 Å². The first-order valence-electron chi connectivity index (χ1n) is 13.1. The first-order chi connectivity index (χ1) is 19.6. The monoisotopic (exact) mass is 541 g/mol. The zero-order valence-corrected chi connectivity index (χ0v) is 22.2. The number of ether oxygens (including phenoxy) is 3. The Balaban J connectivity index is 1.71. The molecule has 8 heteroatoms. The normalized spacial score (nSPS) is 11.1. The summed E-state index contributed by atoms with van der Waals surface area (Å²) >= 11 is 0. The Morgan fingerprint density at radius 1 is 0.900 bits per heavy atom. The zero-order chi connectivity index (χ0) is 27.9. The second kappa shape index (κ2) is 12.4. The van der Waals surface area contributed by atoms with Gasteiger partial charge in [-0.15, -0.1) is 0 Å². The zero-order valence-electron chi connectivity index (χ0n) is 22.2. The van der Waals surface area contributed by atoms with E-state index in [9.17, 15) is 15.0 Å². The molecule has 0 radical (unpaired) electrons. The second-order valence-corrected chi connectivity index (χ2v) is 9.30. The number of aromatic hydroxyl groups is 1. The van der Waals surface area contributed by atoms with Gasteiger partial charge in [0, 0.05) is 55.5 Å². The van der Waals surface area contributed by atoms with Gasteiger partial charge in [-0.05, 0) is 41.5 Å². The van der Waals surface area contributed by atoms with Crippen LogP contribution in [0.1, 0.15) is 23.1 Å². The van der Waals surface area contributed by atoms with E-state index in [1.807, 2.05) is 48.8 Å². The summed E-state index contributed by atoms with van der Waals surface area (Å²) in [5.41, 5.74) is 3.37. The average molecular weight is 542 g/mol. The van der Waals surface area contributed by atoms with Gasteiger partial charge in [0.05, 0.1) is 20.3 Å². The van der Waals surface area contributed by atoms with E-state index in [1.54, 1.807) is 12.1 Å². The number of aliphatic hydroxyl groups is 1. The molecule has 40 heavy (non-hydrogen) atoms. The molecule has 0 amide bonds. The van der Waals surface area contributed by atoms with Crippen molar-refractivity contribution in [1.29, 1.82) is 0 Å². The fraction of sp³-hybridized carbons (Fsp3) is 0.219. The molecule has 2 aromatic heterocycles. The summed E-state index contributed by atoms with van der Waals surface area (Å²) in [5, 5.41) is 19.3. The number of methoxy groups -OCH3 is 1. The van der Waals surface area contributed by atoms with Gasteiger partial charge in [-0.25, -0.2) is 0 Å². The maximum Gasteiger partial charge on any atom is 0.204 e. The number of aliphatic hydroxyl groups excluding tert-OH is 1. The van der Waals surface area contributed by atoms with Crippen molar-refractivity contribution in [1.82, 2.24) is 4.98 Å². The van der Waals surface area contributed by atoms with Gasteiger partial charge in [-0.2, -0.15) is 0 Å². The molecule has 8 nitrogen and oxygen atoms in total. The fourth-order valence-electron chi connectivity index (χ4n) is 4.61. The van der Waals surface area contributed by atoms with E-state index in [0.717, 1.165) is 11.1 Å². The molecule has 0 aliphatic heterocycles. The number of phenolic OH excluding ortho intramolecular Hbond substituents is 1. The summed E-state index contributed by atoms with van der Waals surface area (Å²) < 4.78 is 24.7. The van der Waals surface area contributed by atoms with Gasteiger partial charge in [0.2, 0.25) is 5.75 Å². The summed E-state index contributed by atoms with van der Waals surface area (Å²) in [6, 6.07) is 19.8. The SMILES string of the molecule is COc1c(OCCc2ccccc2)c(Cc2cc[nH]c2)c2oc(-c3ccc(O)cc3)cc(=O)c2c1OCCCO. The smallest absolute Gasteiger partial charge is 0.204 e. The standard InChI is InChI=1S/C32H31NO7/c1-37-32-30(39-17-13-21-6-3-2-4-7-21)25(18-22-12-14-33-20-22)29-28(31(32)38-16-5-15-34)26(36)19-27(40-29)23-8-10-24(35)11-9-23/h2-4,6-12,14,19-20,33-35H,5,13,15-18H2,1H3. The number of fused-ring (bicyclic) bond motifs is 1. The summed E-state index contributed by atoms with van der Waals surface area (Å²) in [6.07, 6.45) is 5.13. The van der Waals surface area contributed by atoms with Gasteiger partial charge in [0.25, 0.3) is 0 Å². The largest absolute Gasteiger partial charge is 0.508 e. The van der Waals surface area contributed by atoms with Gasteiger partial charge >= 0.3 is 0 Å². The second-order valence-electron chi connectivity index (χ2n) is 9.30. The number of hydrogen-bond acceptors (Lipinski definition) is 7. The molecule has 0 aliphatic rings. The molecule has 206 valence electrons. The van der Waals surface area contributed by atoms with Crippen LogP contribution >= 0.6 is 0 Å². The van der Waals surface area contributed by atoms with Gasteiger partial charge in [-0.1, -0.05) is 30.3 Å². The summed E-state index contributed by atoms with van der Waals surface area (Å²) in [5.74, 6) is 1.39. The molecule has 0 aliphatic carbocycles. The summed E-state index contributed by atoms with van der Waals surface area (Å²) in [4.78, 5) is 16.8. The highest BCUT2D eigenvalue weighted by molar-refractivity contribution is 5.93. The van der Waals surface area contributed by atoms with Crippen LogP contribution in [0.2, 0.25) is 0 Å². The van der Waals surface area contributed by atoms with Crippen molar-refractivity contribution in [3.63, 3.8) is 0 Å². The van der Waals surface area contributed by atoms with Crippen molar-refractivity contribution < 1.29 is 28.8 Å². The van der Waals surface area contributed by atoms with Gasteiger partial charge < -0.3 is 33.8 Å². The Kier molecular flexibility index (Phi) is 8.37. The Labute approximate surface area is 231 Å². The van der Waals surface area contributed by atoms with Gasteiger partial charge in [-0.3, -0.25) is 4.79 Å². The van der Waals surface area contributed by atoms with Crippen molar-refractivity contribution in [2.45, 2.75) is 19.3 Å². The quantitative estimate of drug-likeness (QED) is 0.179. The molecule has 0 saturated heterocycles. The molecule has 5 rings (SSSR count). The fourth-order valence-corrected chi connectivity index (χ4v) is 4.61. The van der Waals surface area contributed by atoms with Gasteiger partial charge in [0.1, 0.15) is 22.5 Å². The topological polar surface area (TPSA) is 114 Å². The molecule has 3 aromatic carbocycles. The Morgan fingerprint density at radius 2 is 1.68 bits per heavy atom. The minimum absolute atomic E-state index is 0.0636. The van der Waals surface area contributed by atoms with E-state index in [0.29, 0.717) is 59.8 Å². The van der Waals surface area contributed by atoms with E-state index >= 15 is 0 Å². The Morgan fingerprint density at radius 3 is 2.38 bits per heavy atom. The third kappa shape index (κ3) is 5.82. The number of H-pyrrole nitrogens is 1. The van der Waals surface area contributed by atoms with Crippen LogP contribution in [0, 0.1) is 0 Å². The number of nitrogens with one attached hydrogen (secondary N) is 1. The predicted molar refractivity (Wildman–Crippen MR) is 153 cm³/mol. The third-order valence-corrected chi connectivity index (χ3v) is 6.56. The summed E-state index contributed by atoms with van der Waals surface area (Å²) in [7, 11) is 1.51. The molecule has 0 saturated carbocycles. The van der Waals surface area contributed by atoms with Crippen molar-refractivity contribution in [2.75, 3.05) is 26.9 Å². The van der Waals surface area contributed by atoms with E-state index < -0.39 is 0 Å². The number of aromatic amines is 1. The van der Waals surface area contributed by atoms with Crippen LogP contribution in [-0.2, 0) is 12.8 Å². The molecule has 2 heterocycles. The lowest BCUT2D eigenvalue weighted by atomic mass is 10.0. The highest BCUT2D eigenvalue weighted by atomic mass is 16.5. The van der Waals surface area contributed by atoms with Crippen LogP contribution in [0.5, 0.6) is 23.0 Å². The van der Waals surface area contributed by atoms with Crippen molar-refractivity contribution >= 4 is 11.0 Å². The molecular formula is C32H31NO7. The molecule has 0 spiro atoms. The van der Waals surface area contributed by atoms with E-state index in [4.69, 9.17) is 18.6 Å². The maximum atomic E-state index is 13.7. The maximum absolute atomic E-state index is 13.7. The van der Waals surface area contributed by atoms with Crippen LogP contribution in [0.3, 0.4) is 0 Å². The predicted octanol–water partition coefficient (Wildman–Crippen LogP) is 5.48. The number of benzene rings is 3. The highest BCUT2D eigenvalue weighted by Gasteiger charge is 2.27. The highest BCUT2D eigenvalue weighted by Crippen LogP contribution is 2.47. The lowest BCUT2D eigenvalue weighted by Gasteiger charge is -2.21. The molecule has 0 bridgehead atoms. The summed E-state index contributed by atoms with van der Waals surface area (Å²) in [6.45, 7) is 0.456. The Hall–Kier alpha value is -4.69. The minimum Gasteiger partial charge on any atom is -0.508 e. The van der Waals surface area contributed by atoms with Crippen LogP contribution in [-0.4, -0.2) is 42.1 Å². The minimum atomic E-state index is -0.312. The third-order valence-electron chi connectivity index (χ3n) is 6.56. The number of rotatable bonds is 12. The molecular weight excluding hydrogens is 510 g/mol. The van der Waals surface area contributed by atoms with E-state index in [1.165, 1.54) is 25.3 Å². The molecule has 3 N–H and O–H groups in total. The molecule has 0 atom stereocenters. The Bertz CT molecular complexity index is 1610.